The standard InChI is InChI=1S/C26H36FN5O5S/c1-3-37-23(34)19-12-29-21(22-28-9-11-38-22)30-20(19)15-31-10-8-25(2,27)18(13-31)14-32(17-33)16-26(24(35)36)6-4-5-7-26/h9,11,17-18H,3-8,10,12-16H2,1-2H3,(H,29,30)(H,35,36). The molecule has 0 bridgehead atoms. The number of carbonyl (C=O) groups excluding carboxylic acids is 2. The fourth-order valence-electron chi connectivity index (χ4n) is 5.61. The molecule has 2 unspecified atom stereocenters. The number of nitrogens with one attached hydrogen (secondary N) is 1. The number of hydrogen-bond acceptors (Lipinski definition) is 9. The molecule has 2 atom stereocenters. The molecule has 10 nitrogen and oxygen atoms in total. The summed E-state index contributed by atoms with van der Waals surface area (Å²) in [7, 11) is 0. The van der Waals surface area contributed by atoms with Gasteiger partial charge in [-0.1, -0.05) is 12.8 Å². The van der Waals surface area contributed by atoms with E-state index in [1.165, 1.54) is 16.2 Å². The number of aliphatic carboxylic acids is 1. The number of ether oxygens (including phenoxy) is 1. The molecule has 38 heavy (non-hydrogen) atoms. The Kier molecular flexibility index (Phi) is 8.81. The molecule has 3 aliphatic rings. The zero-order valence-corrected chi connectivity index (χ0v) is 22.8. The molecule has 0 spiro atoms. The van der Waals surface area contributed by atoms with Crippen LogP contribution in [0.3, 0.4) is 0 Å². The first-order valence-corrected chi connectivity index (χ1v) is 14.0. The Balaban J connectivity index is 1.48. The Hall–Kier alpha value is -2.86. The number of amides is 1. The predicted molar refractivity (Wildman–Crippen MR) is 141 cm³/mol. The predicted octanol–water partition coefficient (Wildman–Crippen LogP) is 2.46. The van der Waals surface area contributed by atoms with Gasteiger partial charge in [-0.25, -0.2) is 14.2 Å². The maximum absolute atomic E-state index is 15.7. The number of aromatic nitrogens is 1. The van der Waals surface area contributed by atoms with Gasteiger partial charge in [-0.05, 0) is 33.1 Å². The summed E-state index contributed by atoms with van der Waals surface area (Å²) in [6.07, 6.45) is 5.27. The molecular formula is C26H36FN5O5S. The van der Waals surface area contributed by atoms with Crippen LogP contribution in [0.4, 0.5) is 4.39 Å². The molecule has 1 aromatic heterocycles. The van der Waals surface area contributed by atoms with Crippen LogP contribution in [-0.2, 0) is 19.1 Å². The number of carboxylic acids is 1. The summed E-state index contributed by atoms with van der Waals surface area (Å²) in [5.41, 5.74) is -1.40. The molecule has 3 heterocycles. The first-order chi connectivity index (χ1) is 18.2. The van der Waals surface area contributed by atoms with Gasteiger partial charge in [-0.15, -0.1) is 11.3 Å². The van der Waals surface area contributed by atoms with Crippen LogP contribution in [0.15, 0.2) is 27.8 Å². The average molecular weight is 550 g/mol. The van der Waals surface area contributed by atoms with Crippen LogP contribution in [0.2, 0.25) is 0 Å². The molecule has 2 N–H and O–H groups in total. The van der Waals surface area contributed by atoms with Gasteiger partial charge in [-0.2, -0.15) is 0 Å². The number of carbonyl (C=O) groups is 3. The van der Waals surface area contributed by atoms with Crippen LogP contribution in [-0.4, -0.2) is 95.6 Å². The minimum absolute atomic E-state index is 0.0891. The second-order valence-electron chi connectivity index (χ2n) is 10.6. The summed E-state index contributed by atoms with van der Waals surface area (Å²) in [6, 6.07) is 0. The smallest absolute Gasteiger partial charge is 0.337 e. The van der Waals surface area contributed by atoms with Gasteiger partial charge in [0.25, 0.3) is 0 Å². The topological polar surface area (TPSA) is 124 Å². The Morgan fingerprint density at radius 1 is 1.37 bits per heavy atom. The van der Waals surface area contributed by atoms with Gasteiger partial charge < -0.3 is 20.1 Å². The van der Waals surface area contributed by atoms with Crippen LogP contribution >= 0.6 is 11.3 Å². The highest BCUT2D eigenvalue weighted by molar-refractivity contribution is 7.11. The van der Waals surface area contributed by atoms with Crippen LogP contribution in [0.5, 0.6) is 0 Å². The number of alkyl halides is 1. The highest BCUT2D eigenvalue weighted by Gasteiger charge is 2.45. The molecule has 0 aromatic carbocycles. The van der Waals surface area contributed by atoms with E-state index in [2.05, 4.69) is 20.2 Å². The van der Waals surface area contributed by atoms with Crippen LogP contribution < -0.4 is 5.32 Å². The minimum Gasteiger partial charge on any atom is -0.481 e. The number of amidine groups is 1. The summed E-state index contributed by atoms with van der Waals surface area (Å²) in [5, 5.41) is 15.7. The number of aliphatic imine (C=N–C) groups is 1. The molecule has 1 aliphatic carbocycles. The minimum atomic E-state index is -1.52. The van der Waals surface area contributed by atoms with Crippen molar-refractivity contribution in [2.75, 3.05) is 45.9 Å². The van der Waals surface area contributed by atoms with E-state index in [1.54, 1.807) is 20.0 Å². The van der Waals surface area contributed by atoms with Crippen LogP contribution in [0.1, 0.15) is 51.0 Å². The molecule has 12 heteroatoms. The van der Waals surface area contributed by atoms with Gasteiger partial charge >= 0.3 is 11.9 Å². The molecule has 2 fully saturated rings. The monoisotopic (exact) mass is 549 g/mol. The fraction of sp³-hybridized carbons (Fsp3) is 0.654. The second-order valence-corrected chi connectivity index (χ2v) is 11.5. The Morgan fingerprint density at radius 2 is 2.13 bits per heavy atom. The quantitative estimate of drug-likeness (QED) is 0.319. The largest absolute Gasteiger partial charge is 0.481 e. The van der Waals surface area contributed by atoms with Gasteiger partial charge in [-0.3, -0.25) is 19.5 Å². The summed E-state index contributed by atoms with van der Waals surface area (Å²) < 4.78 is 20.9. The highest BCUT2D eigenvalue weighted by atomic mass is 32.1. The number of hydrogen-bond donors (Lipinski definition) is 2. The molecule has 4 rings (SSSR count). The van der Waals surface area contributed by atoms with Crippen molar-refractivity contribution in [2.24, 2.45) is 16.3 Å². The van der Waals surface area contributed by atoms with Crippen molar-refractivity contribution >= 4 is 35.5 Å². The van der Waals surface area contributed by atoms with E-state index in [0.717, 1.165) is 12.8 Å². The van der Waals surface area contributed by atoms with Crippen molar-refractivity contribution in [1.29, 1.82) is 0 Å². The average Bonchev–Trinajstić information content (AvgIpc) is 3.59. The fourth-order valence-corrected chi connectivity index (χ4v) is 6.21. The summed E-state index contributed by atoms with van der Waals surface area (Å²) in [6.45, 7) is 5.08. The van der Waals surface area contributed by atoms with Gasteiger partial charge in [0.15, 0.2) is 10.8 Å². The number of rotatable bonds is 11. The van der Waals surface area contributed by atoms with E-state index in [9.17, 15) is 19.5 Å². The Bertz CT molecular complexity index is 1080. The first kappa shape index (κ1) is 28.2. The van der Waals surface area contributed by atoms with Gasteiger partial charge in [0.1, 0.15) is 5.67 Å². The molecular weight excluding hydrogens is 513 g/mol. The van der Waals surface area contributed by atoms with Crippen LogP contribution in [0.25, 0.3) is 0 Å². The van der Waals surface area contributed by atoms with Crippen molar-refractivity contribution in [3.05, 3.63) is 27.9 Å². The number of thiazole rings is 1. The molecule has 1 saturated carbocycles. The number of halogens is 1. The lowest BCUT2D eigenvalue weighted by Crippen LogP contribution is -2.54. The van der Waals surface area contributed by atoms with Gasteiger partial charge in [0.2, 0.25) is 6.41 Å². The Morgan fingerprint density at radius 3 is 2.76 bits per heavy atom. The molecule has 1 saturated heterocycles. The van der Waals surface area contributed by atoms with Gasteiger partial charge in [0, 0.05) is 55.9 Å². The summed E-state index contributed by atoms with van der Waals surface area (Å²) >= 11 is 1.43. The van der Waals surface area contributed by atoms with Crippen molar-refractivity contribution in [2.45, 2.75) is 51.6 Å². The van der Waals surface area contributed by atoms with Gasteiger partial charge in [0.05, 0.1) is 24.1 Å². The lowest BCUT2D eigenvalue weighted by molar-refractivity contribution is -0.150. The van der Waals surface area contributed by atoms with E-state index in [4.69, 9.17) is 4.74 Å². The van der Waals surface area contributed by atoms with Crippen molar-refractivity contribution in [1.82, 2.24) is 20.1 Å². The van der Waals surface area contributed by atoms with E-state index < -0.39 is 28.9 Å². The normalized spacial score (nSPS) is 25.4. The zero-order valence-electron chi connectivity index (χ0n) is 21.9. The van der Waals surface area contributed by atoms with Crippen molar-refractivity contribution in [3.63, 3.8) is 0 Å². The third-order valence-electron chi connectivity index (χ3n) is 7.94. The Labute approximate surface area is 226 Å². The third-order valence-corrected chi connectivity index (χ3v) is 8.72. The summed E-state index contributed by atoms with van der Waals surface area (Å²) in [5.74, 6) is -1.27. The second kappa shape index (κ2) is 11.9. The van der Waals surface area contributed by atoms with E-state index in [1.807, 2.05) is 5.38 Å². The molecule has 1 aromatic rings. The number of likely N-dealkylation sites (tertiary alicyclic amines) is 1. The van der Waals surface area contributed by atoms with Crippen molar-refractivity contribution < 1.29 is 28.6 Å². The lowest BCUT2D eigenvalue weighted by Gasteiger charge is -2.43. The van der Waals surface area contributed by atoms with Crippen LogP contribution in [0, 0.1) is 11.3 Å². The zero-order chi connectivity index (χ0) is 27.3. The third kappa shape index (κ3) is 6.23. The molecule has 0 radical (unpaired) electrons. The molecule has 2 aliphatic heterocycles. The van der Waals surface area contributed by atoms with E-state index >= 15 is 4.39 Å². The number of piperidine rings is 1. The summed E-state index contributed by atoms with van der Waals surface area (Å²) in [4.78, 5) is 49.0. The SMILES string of the molecule is CCOC(=O)C1=C(CN2CCC(C)(F)C(CN(C=O)CC3(C(=O)O)CCCC3)C2)NC(c2nccs2)=NC1. The maximum Gasteiger partial charge on any atom is 0.337 e. The first-order valence-electron chi connectivity index (χ1n) is 13.1. The molecule has 208 valence electrons. The maximum atomic E-state index is 15.7. The van der Waals surface area contributed by atoms with E-state index in [-0.39, 0.29) is 32.7 Å². The molecule has 1 amide bonds. The number of nitrogens with zero attached hydrogens (tertiary/aromatic N) is 4. The number of esters is 1. The van der Waals surface area contributed by atoms with Crippen molar-refractivity contribution in [3.8, 4) is 0 Å². The van der Waals surface area contributed by atoms with E-state index in [0.29, 0.717) is 61.0 Å². The lowest BCUT2D eigenvalue weighted by atomic mass is 9.82. The highest BCUT2D eigenvalue weighted by Crippen LogP contribution is 2.40. The number of carboxylic acid groups (broad SMARTS) is 1.